The molecular formula is C48H32N2. The Morgan fingerprint density at radius 2 is 0.760 bits per heavy atom. The molecule has 0 aliphatic heterocycles. The van der Waals surface area contributed by atoms with Crippen LogP contribution >= 0.6 is 0 Å². The van der Waals surface area contributed by atoms with Gasteiger partial charge in [-0.3, -0.25) is 0 Å². The molecule has 2 aromatic heterocycles. The van der Waals surface area contributed by atoms with E-state index in [-0.39, 0.29) is 29.7 Å². The van der Waals surface area contributed by atoms with Crippen LogP contribution in [0.25, 0.3) is 88.4 Å². The lowest BCUT2D eigenvalue weighted by Gasteiger charge is -2.14. The van der Waals surface area contributed by atoms with Gasteiger partial charge < -0.3 is 9.13 Å². The molecule has 2 heterocycles. The molecule has 50 heavy (non-hydrogen) atoms. The van der Waals surface area contributed by atoms with E-state index in [1.807, 2.05) is 30.3 Å². The van der Waals surface area contributed by atoms with Crippen LogP contribution in [0, 0.1) is 0 Å². The van der Waals surface area contributed by atoms with Crippen molar-refractivity contribution in [2.45, 2.75) is 0 Å². The van der Waals surface area contributed by atoms with Gasteiger partial charge >= 0.3 is 0 Å². The van der Waals surface area contributed by atoms with E-state index in [1.54, 1.807) is 0 Å². The van der Waals surface area contributed by atoms with Crippen LogP contribution in [0.1, 0.15) is 6.85 Å². The van der Waals surface area contributed by atoms with Crippen molar-refractivity contribution in [2.75, 3.05) is 0 Å². The number of para-hydroxylation sites is 2. The number of nitrogens with zero attached hydrogens (tertiary/aromatic N) is 2. The summed E-state index contributed by atoms with van der Waals surface area (Å²) in [6.45, 7) is 0. The fourth-order valence-corrected chi connectivity index (χ4v) is 7.52. The van der Waals surface area contributed by atoms with Crippen molar-refractivity contribution in [3.05, 3.63) is 194 Å². The van der Waals surface area contributed by atoms with Crippen molar-refractivity contribution in [2.24, 2.45) is 0 Å². The van der Waals surface area contributed by atoms with Crippen molar-refractivity contribution in [3.63, 3.8) is 0 Å². The standard InChI is InChI=1S/C48H32N2/c1-3-12-33(13-4-1)35-22-26-39(27-23-35)49-45-20-9-7-18-41(45)43-30-31-44-42-19-8-10-21-46(42)50(48(44)47(43)49)40-28-24-36(25-29-40)38-17-11-16-37(32-38)34-14-5-2-6-15-34/h1-32H/i1D,3D,4D,12D,13D. The monoisotopic (exact) mass is 641 g/mol. The minimum atomic E-state index is -0.396. The molecule has 0 fully saturated rings. The molecule has 8 aromatic carbocycles. The first-order valence-corrected chi connectivity index (χ1v) is 16.8. The molecule has 0 N–H and O–H groups in total. The lowest BCUT2D eigenvalue weighted by atomic mass is 9.99. The van der Waals surface area contributed by atoms with E-state index in [2.05, 4.69) is 143 Å². The number of rotatable bonds is 5. The molecular weight excluding hydrogens is 605 g/mol. The molecule has 0 bridgehead atoms. The molecule has 0 aliphatic carbocycles. The Balaban J connectivity index is 1.18. The van der Waals surface area contributed by atoms with Crippen molar-refractivity contribution in [3.8, 4) is 44.8 Å². The van der Waals surface area contributed by atoms with E-state index < -0.39 is 6.04 Å². The number of aromatic nitrogens is 2. The molecule has 234 valence electrons. The van der Waals surface area contributed by atoms with Crippen molar-refractivity contribution in [1.29, 1.82) is 0 Å². The first-order chi connectivity index (χ1) is 26.9. The van der Waals surface area contributed by atoms with Crippen LogP contribution in [0.5, 0.6) is 0 Å². The molecule has 0 spiro atoms. The van der Waals surface area contributed by atoms with Crippen molar-refractivity contribution >= 4 is 43.6 Å². The molecule has 0 aliphatic rings. The lowest BCUT2D eigenvalue weighted by Crippen LogP contribution is -1.99. The third-order valence-electron chi connectivity index (χ3n) is 9.81. The Morgan fingerprint density at radius 3 is 1.30 bits per heavy atom. The topological polar surface area (TPSA) is 9.86 Å². The highest BCUT2D eigenvalue weighted by atomic mass is 15.0. The molecule has 0 radical (unpaired) electrons. The summed E-state index contributed by atoms with van der Waals surface area (Å²) in [5, 5.41) is 4.55. The van der Waals surface area contributed by atoms with Crippen molar-refractivity contribution < 1.29 is 6.85 Å². The zero-order chi connectivity index (χ0) is 37.4. The summed E-state index contributed by atoms with van der Waals surface area (Å²) in [6.07, 6.45) is 0. The van der Waals surface area contributed by atoms with Gasteiger partial charge in [0, 0.05) is 32.9 Å². The molecule has 0 saturated carbocycles. The molecule has 2 heteroatoms. The Morgan fingerprint density at radius 1 is 0.320 bits per heavy atom. The van der Waals surface area contributed by atoms with E-state index in [9.17, 15) is 0 Å². The van der Waals surface area contributed by atoms with Crippen LogP contribution in [-0.4, -0.2) is 9.13 Å². The van der Waals surface area contributed by atoms with E-state index in [0.717, 1.165) is 66.1 Å². The smallest absolute Gasteiger partial charge is 0.0788 e. The molecule has 0 amide bonds. The molecule has 0 unspecified atom stereocenters. The van der Waals surface area contributed by atoms with Crippen molar-refractivity contribution in [1.82, 2.24) is 9.13 Å². The highest BCUT2D eigenvalue weighted by Gasteiger charge is 2.21. The highest BCUT2D eigenvalue weighted by molar-refractivity contribution is 6.23. The van der Waals surface area contributed by atoms with E-state index >= 15 is 0 Å². The molecule has 2 nitrogen and oxygen atoms in total. The predicted octanol–water partition coefficient (Wildman–Crippen LogP) is 12.9. The van der Waals surface area contributed by atoms with Crippen LogP contribution in [0.3, 0.4) is 0 Å². The Bertz CT molecular complexity index is 3100. The van der Waals surface area contributed by atoms with Gasteiger partial charge in [0.05, 0.1) is 28.9 Å². The van der Waals surface area contributed by atoms with Gasteiger partial charge in [0.2, 0.25) is 0 Å². The first kappa shape index (κ1) is 23.6. The van der Waals surface area contributed by atoms with E-state index in [0.29, 0.717) is 5.56 Å². The van der Waals surface area contributed by atoms with Crippen LogP contribution in [0.15, 0.2) is 194 Å². The average Bonchev–Trinajstić information content (AvgIpc) is 3.76. The van der Waals surface area contributed by atoms with Crippen LogP contribution in [-0.2, 0) is 0 Å². The predicted molar refractivity (Wildman–Crippen MR) is 211 cm³/mol. The second-order valence-electron chi connectivity index (χ2n) is 12.6. The SMILES string of the molecule is [2H]c1c([2H])c([2H])c(-c2ccc(-n3c4ccccc4c4ccc5c6ccccc6n(-c6ccc(-c7cccc(-c8ccccc8)c7)cc6)c5c43)cc2)c([2H])c1[2H]. The summed E-state index contributed by atoms with van der Waals surface area (Å²) >= 11 is 0. The first-order valence-electron chi connectivity index (χ1n) is 19.3. The Labute approximate surface area is 297 Å². The Kier molecular flexibility index (Phi) is 5.44. The van der Waals surface area contributed by atoms with E-state index in [4.69, 9.17) is 6.85 Å². The maximum Gasteiger partial charge on any atom is 0.0788 e. The van der Waals surface area contributed by atoms with Gasteiger partial charge in [-0.25, -0.2) is 0 Å². The number of benzene rings is 8. The summed E-state index contributed by atoms with van der Waals surface area (Å²) in [5.74, 6) is 0. The normalized spacial score (nSPS) is 13.0. The summed E-state index contributed by atoms with van der Waals surface area (Å²) in [6, 6.07) is 55.5. The van der Waals surface area contributed by atoms with Crippen LogP contribution in [0.2, 0.25) is 0 Å². The van der Waals surface area contributed by atoms with Crippen LogP contribution in [0.4, 0.5) is 0 Å². The lowest BCUT2D eigenvalue weighted by molar-refractivity contribution is 1.15. The second-order valence-corrected chi connectivity index (χ2v) is 12.6. The number of fused-ring (bicyclic) bond motifs is 7. The van der Waals surface area contributed by atoms with Gasteiger partial charge in [-0.05, 0) is 75.8 Å². The van der Waals surface area contributed by atoms with Gasteiger partial charge in [-0.15, -0.1) is 0 Å². The summed E-state index contributed by atoms with van der Waals surface area (Å²) in [4.78, 5) is 0. The zero-order valence-electron chi connectivity index (χ0n) is 32.0. The molecule has 0 saturated heterocycles. The molecule has 0 atom stereocenters. The maximum absolute atomic E-state index is 8.56. The van der Waals surface area contributed by atoms with Gasteiger partial charge in [0.25, 0.3) is 0 Å². The third-order valence-corrected chi connectivity index (χ3v) is 9.81. The van der Waals surface area contributed by atoms with Gasteiger partial charge in [-0.1, -0.05) is 152 Å². The van der Waals surface area contributed by atoms with E-state index in [1.165, 1.54) is 11.1 Å². The highest BCUT2D eigenvalue weighted by Crippen LogP contribution is 2.42. The summed E-state index contributed by atoms with van der Waals surface area (Å²) in [5.41, 5.74) is 11.7. The number of hydrogen-bond acceptors (Lipinski definition) is 0. The van der Waals surface area contributed by atoms with Gasteiger partial charge in [0.1, 0.15) is 0 Å². The molecule has 10 aromatic rings. The fourth-order valence-electron chi connectivity index (χ4n) is 7.52. The van der Waals surface area contributed by atoms with Gasteiger partial charge in [0.15, 0.2) is 0 Å². The average molecular weight is 642 g/mol. The Hall–Kier alpha value is -6.64. The zero-order valence-corrected chi connectivity index (χ0v) is 27.0. The quantitative estimate of drug-likeness (QED) is 0.177. The minimum absolute atomic E-state index is 0.192. The third kappa shape index (κ3) is 4.50. The summed E-state index contributed by atoms with van der Waals surface area (Å²) in [7, 11) is 0. The largest absolute Gasteiger partial charge is 0.307 e. The fraction of sp³-hybridized carbons (Fsp3) is 0. The number of hydrogen-bond donors (Lipinski definition) is 0. The molecule has 10 rings (SSSR count). The minimum Gasteiger partial charge on any atom is -0.307 e. The van der Waals surface area contributed by atoms with Gasteiger partial charge in [-0.2, -0.15) is 0 Å². The summed E-state index contributed by atoms with van der Waals surface area (Å²) < 4.78 is 46.3. The second kappa shape index (κ2) is 11.5. The maximum atomic E-state index is 8.56. The van der Waals surface area contributed by atoms with Crippen LogP contribution < -0.4 is 0 Å².